The first-order valence-corrected chi connectivity index (χ1v) is 11.7. The molecule has 1 amide bonds. The van der Waals surface area contributed by atoms with Crippen LogP contribution in [0.1, 0.15) is 5.69 Å². The fourth-order valence-electron chi connectivity index (χ4n) is 2.52. The van der Waals surface area contributed by atoms with Gasteiger partial charge in [-0.25, -0.2) is 35.2 Å². The van der Waals surface area contributed by atoms with E-state index in [-0.39, 0.29) is 24.8 Å². The zero-order valence-corrected chi connectivity index (χ0v) is 21.0. The average Bonchev–Trinajstić information content (AvgIpc) is 2.85. The lowest BCUT2D eigenvalue weighted by atomic mass is 10.3. The van der Waals surface area contributed by atoms with Crippen molar-refractivity contribution < 1.29 is 63.1 Å². The van der Waals surface area contributed by atoms with Crippen molar-refractivity contribution in [1.29, 1.82) is 0 Å². The maximum absolute atomic E-state index is 13.9. The van der Waals surface area contributed by atoms with Crippen LogP contribution >= 0.6 is 0 Å². The number of halogens is 8. The Morgan fingerprint density at radius 1 is 1.02 bits per heavy atom. The number of sulfonamides is 1. The van der Waals surface area contributed by atoms with Crippen molar-refractivity contribution in [2.24, 2.45) is 16.6 Å². The molecule has 0 spiro atoms. The van der Waals surface area contributed by atoms with Crippen LogP contribution < -0.4 is 27.1 Å². The SMILES string of the molecule is Cc1ccc(NS(=O)(=O)c2c(F)c(F)c(F)c(F)c2F)c(=O)n1CC(=O)NCCON=C(N)N.O=C(O)C(F)(F)F. The summed E-state index contributed by atoms with van der Waals surface area (Å²) >= 11 is 0. The number of aliphatic carboxylic acids is 1. The first-order valence-electron chi connectivity index (χ1n) is 10.2. The minimum atomic E-state index is -5.45. The minimum Gasteiger partial charge on any atom is -0.475 e. The number of rotatable bonds is 9. The third-order valence-electron chi connectivity index (χ3n) is 4.30. The number of hydrogen-bond donors (Lipinski definition) is 5. The van der Waals surface area contributed by atoms with Crippen LogP contribution in [0.4, 0.5) is 40.8 Å². The number of guanidine groups is 1. The van der Waals surface area contributed by atoms with Crippen molar-refractivity contribution in [3.63, 3.8) is 0 Å². The summed E-state index contributed by atoms with van der Waals surface area (Å²) in [7, 11) is -5.45. The number of nitrogens with two attached hydrogens (primary N) is 2. The van der Waals surface area contributed by atoms with Crippen LogP contribution in [0.15, 0.2) is 27.0 Å². The molecule has 0 bridgehead atoms. The number of nitrogens with zero attached hydrogens (tertiary/aromatic N) is 2. The lowest BCUT2D eigenvalue weighted by Crippen LogP contribution is -2.36. The maximum Gasteiger partial charge on any atom is 0.490 e. The summed E-state index contributed by atoms with van der Waals surface area (Å²) in [5.74, 6) is -16.6. The number of oxime groups is 1. The molecule has 0 aliphatic heterocycles. The van der Waals surface area contributed by atoms with E-state index in [0.29, 0.717) is 0 Å². The largest absolute Gasteiger partial charge is 0.490 e. The normalized spacial score (nSPS) is 11.1. The highest BCUT2D eigenvalue weighted by Crippen LogP contribution is 2.27. The van der Waals surface area contributed by atoms with Crippen LogP contribution in [-0.4, -0.2) is 55.3 Å². The lowest BCUT2D eigenvalue weighted by molar-refractivity contribution is -0.192. The fourth-order valence-corrected chi connectivity index (χ4v) is 3.72. The molecule has 0 saturated carbocycles. The number of anilines is 1. The van der Waals surface area contributed by atoms with Crippen LogP contribution in [0.3, 0.4) is 0 Å². The molecule has 0 saturated heterocycles. The topological polar surface area (TPSA) is 208 Å². The first kappa shape index (κ1) is 34.4. The number of carboxylic acid groups (broad SMARTS) is 1. The number of carboxylic acids is 1. The van der Waals surface area contributed by atoms with Gasteiger partial charge in [-0.3, -0.25) is 14.3 Å². The first-order chi connectivity index (χ1) is 18.7. The smallest absolute Gasteiger partial charge is 0.475 e. The predicted octanol–water partition coefficient (Wildman–Crippen LogP) is 0.608. The second-order valence-electron chi connectivity index (χ2n) is 7.29. The van der Waals surface area contributed by atoms with Gasteiger partial charge in [0.25, 0.3) is 15.6 Å². The van der Waals surface area contributed by atoms with Gasteiger partial charge in [-0.2, -0.15) is 13.2 Å². The molecule has 1 aromatic heterocycles. The van der Waals surface area contributed by atoms with E-state index in [4.69, 9.17) is 21.4 Å². The average molecular weight is 626 g/mol. The van der Waals surface area contributed by atoms with Crippen LogP contribution in [0.2, 0.25) is 0 Å². The Morgan fingerprint density at radius 2 is 1.51 bits per heavy atom. The molecule has 7 N–H and O–H groups in total. The van der Waals surface area contributed by atoms with Gasteiger partial charge in [-0.1, -0.05) is 0 Å². The number of aryl methyl sites for hydroxylation is 1. The summed E-state index contributed by atoms with van der Waals surface area (Å²) < 4.78 is 127. The van der Waals surface area contributed by atoms with Gasteiger partial charge in [0.05, 0.1) is 6.54 Å². The van der Waals surface area contributed by atoms with E-state index in [1.807, 2.05) is 0 Å². The van der Waals surface area contributed by atoms with Gasteiger partial charge in [0, 0.05) is 5.69 Å². The number of pyridine rings is 1. The molecule has 1 heterocycles. The molecule has 2 rings (SSSR count). The van der Waals surface area contributed by atoms with Crippen molar-refractivity contribution in [3.05, 3.63) is 57.3 Å². The van der Waals surface area contributed by atoms with Crippen molar-refractivity contribution >= 4 is 33.5 Å². The summed E-state index contributed by atoms with van der Waals surface area (Å²) in [6.07, 6.45) is -5.08. The highest BCUT2D eigenvalue weighted by atomic mass is 32.2. The Labute approximate surface area is 223 Å². The molecule has 0 aliphatic carbocycles. The molecule has 13 nitrogen and oxygen atoms in total. The number of carbonyl (C=O) groups excluding carboxylic acids is 1. The standard InChI is InChI=1S/C17H17F5N6O5S.C2HF3O2/c1-7-2-3-8(16(30)28(7)6-9(29)25-4-5-33-26-17(23)24)27-34(31,32)15-13(21)11(19)10(18)12(20)14(15)22;3-2(4,5)1(6)7/h2-3,27H,4-6H2,1H3,(H,25,29)(H4,23,24,26);(H,6,7). The van der Waals surface area contributed by atoms with Crippen molar-refractivity contribution in [1.82, 2.24) is 9.88 Å². The zero-order chi connectivity index (χ0) is 31.9. The Hall–Kier alpha value is -4.63. The Balaban J connectivity index is 0.00000106. The van der Waals surface area contributed by atoms with E-state index < -0.39 is 79.8 Å². The molecule has 22 heteroatoms. The molecule has 228 valence electrons. The van der Waals surface area contributed by atoms with Gasteiger partial charge in [-0.15, -0.1) is 0 Å². The number of aromatic nitrogens is 1. The zero-order valence-electron chi connectivity index (χ0n) is 20.2. The van der Waals surface area contributed by atoms with Crippen LogP contribution in [0.25, 0.3) is 0 Å². The fraction of sp³-hybridized carbons (Fsp3) is 0.263. The number of benzene rings is 1. The number of carbonyl (C=O) groups is 2. The number of hydrogen-bond acceptors (Lipinski definition) is 7. The van der Waals surface area contributed by atoms with Crippen LogP contribution in [0, 0.1) is 36.0 Å². The molecular weight excluding hydrogens is 608 g/mol. The number of alkyl halides is 3. The Morgan fingerprint density at radius 3 is 1.98 bits per heavy atom. The van der Waals surface area contributed by atoms with Gasteiger partial charge < -0.3 is 31.3 Å². The molecule has 0 aliphatic rings. The highest BCUT2D eigenvalue weighted by molar-refractivity contribution is 7.92. The summed E-state index contributed by atoms with van der Waals surface area (Å²) in [5.41, 5.74) is 8.29. The molecule has 1 aromatic carbocycles. The lowest BCUT2D eigenvalue weighted by Gasteiger charge is -2.14. The van der Waals surface area contributed by atoms with E-state index in [2.05, 4.69) is 15.3 Å². The Kier molecular flexibility index (Phi) is 11.4. The molecule has 2 aromatic rings. The van der Waals surface area contributed by atoms with E-state index in [9.17, 15) is 53.1 Å². The monoisotopic (exact) mass is 626 g/mol. The Bertz CT molecular complexity index is 1480. The predicted molar refractivity (Wildman–Crippen MR) is 121 cm³/mol. The quantitative estimate of drug-likeness (QED) is 0.0502. The summed E-state index contributed by atoms with van der Waals surface area (Å²) in [6.45, 7) is 0.569. The number of amides is 1. The maximum atomic E-state index is 13.9. The van der Waals surface area contributed by atoms with E-state index in [1.54, 1.807) is 0 Å². The van der Waals surface area contributed by atoms with E-state index in [0.717, 1.165) is 10.6 Å². The summed E-state index contributed by atoms with van der Waals surface area (Å²) in [6, 6.07) is 2.06. The molecule has 0 atom stereocenters. The van der Waals surface area contributed by atoms with Gasteiger partial charge in [0.2, 0.25) is 17.7 Å². The molecule has 41 heavy (non-hydrogen) atoms. The van der Waals surface area contributed by atoms with Gasteiger partial charge in [0.15, 0.2) is 28.2 Å². The number of nitrogens with one attached hydrogen (secondary N) is 2. The van der Waals surface area contributed by atoms with Crippen molar-refractivity contribution in [3.8, 4) is 0 Å². The second-order valence-corrected chi connectivity index (χ2v) is 8.91. The second kappa shape index (κ2) is 13.6. The van der Waals surface area contributed by atoms with Gasteiger partial charge in [-0.05, 0) is 24.2 Å². The molecule has 0 unspecified atom stereocenters. The van der Waals surface area contributed by atoms with Crippen molar-refractivity contribution in [2.75, 3.05) is 17.9 Å². The van der Waals surface area contributed by atoms with Crippen LogP contribution in [-0.2, 0) is 31.0 Å². The highest BCUT2D eigenvalue weighted by Gasteiger charge is 2.38. The van der Waals surface area contributed by atoms with Gasteiger partial charge in [0.1, 0.15) is 18.8 Å². The third kappa shape index (κ3) is 9.22. The molecular formula is C19H18F8N6O7S. The van der Waals surface area contributed by atoms with Gasteiger partial charge >= 0.3 is 12.1 Å². The third-order valence-corrected chi connectivity index (χ3v) is 5.69. The summed E-state index contributed by atoms with van der Waals surface area (Å²) in [4.78, 5) is 36.1. The molecule has 0 fully saturated rings. The molecule has 0 radical (unpaired) electrons. The van der Waals surface area contributed by atoms with E-state index >= 15 is 0 Å². The van der Waals surface area contributed by atoms with E-state index in [1.165, 1.54) is 17.7 Å². The van der Waals surface area contributed by atoms with Crippen molar-refractivity contribution in [2.45, 2.75) is 24.5 Å². The minimum absolute atomic E-state index is 0.0734. The van der Waals surface area contributed by atoms with Crippen LogP contribution in [0.5, 0.6) is 0 Å². The summed E-state index contributed by atoms with van der Waals surface area (Å²) in [5, 5.41) is 12.7.